The maximum Gasteiger partial charge on any atom is 0.433 e. The normalized spacial score (nSPS) is 9.55. The molecule has 0 amide bonds. The van der Waals surface area contributed by atoms with Crippen LogP contribution >= 0.6 is 15.9 Å². The van der Waals surface area contributed by atoms with Crippen LogP contribution in [0.1, 0.15) is 10.6 Å². The Hall–Kier alpha value is -1.17. The van der Waals surface area contributed by atoms with Gasteiger partial charge in [-0.15, -0.1) is 0 Å². The lowest BCUT2D eigenvalue weighted by atomic mass is 10.5. The average Bonchev–Trinajstić information content (AvgIpc) is 2.33. The first-order valence-corrected chi connectivity index (χ1v) is 3.34. The van der Waals surface area contributed by atoms with E-state index in [9.17, 15) is 14.9 Å². The molecule has 1 heterocycles. The van der Waals surface area contributed by atoms with Crippen molar-refractivity contribution < 1.29 is 14.1 Å². The highest BCUT2D eigenvalue weighted by Crippen LogP contribution is 2.17. The highest BCUT2D eigenvalue weighted by Gasteiger charge is 2.14. The zero-order valence-corrected chi connectivity index (χ0v) is 6.70. The molecule has 1 aromatic heterocycles. The minimum atomic E-state index is -0.709. The van der Waals surface area contributed by atoms with E-state index in [-0.39, 0.29) is 5.76 Å². The minimum Gasteiger partial charge on any atom is -0.397 e. The van der Waals surface area contributed by atoms with E-state index in [0.29, 0.717) is 0 Å². The van der Waals surface area contributed by atoms with Gasteiger partial charge in [-0.05, 0) is 6.07 Å². The van der Waals surface area contributed by atoms with Gasteiger partial charge in [0.15, 0.2) is 5.76 Å². The summed E-state index contributed by atoms with van der Waals surface area (Å²) in [6.45, 7) is 0. The molecule has 6 heteroatoms. The summed E-state index contributed by atoms with van der Waals surface area (Å²) in [5, 5.41) is 10.0. The number of carbonyl (C=O) groups excluding carboxylic acids is 1. The zero-order valence-electron chi connectivity index (χ0n) is 5.11. The van der Waals surface area contributed by atoms with Crippen LogP contribution in [0.15, 0.2) is 16.5 Å². The Morgan fingerprint density at radius 1 is 1.64 bits per heavy atom. The van der Waals surface area contributed by atoms with Crippen LogP contribution in [-0.4, -0.2) is 9.62 Å². The van der Waals surface area contributed by atoms with Gasteiger partial charge in [0.25, 0.3) is 4.69 Å². The minimum absolute atomic E-state index is 0.0725. The molecule has 1 rings (SSSR count). The second-order valence-corrected chi connectivity index (χ2v) is 2.39. The quantitative estimate of drug-likeness (QED) is 0.432. The van der Waals surface area contributed by atoms with Crippen molar-refractivity contribution in [3.8, 4) is 0 Å². The van der Waals surface area contributed by atoms with Crippen molar-refractivity contribution in [3.63, 3.8) is 0 Å². The van der Waals surface area contributed by atoms with E-state index in [2.05, 4.69) is 20.3 Å². The van der Waals surface area contributed by atoms with Gasteiger partial charge in [-0.25, -0.2) is 0 Å². The van der Waals surface area contributed by atoms with E-state index >= 15 is 0 Å². The van der Waals surface area contributed by atoms with Crippen LogP contribution in [0.25, 0.3) is 0 Å². The molecule has 11 heavy (non-hydrogen) atoms. The van der Waals surface area contributed by atoms with Gasteiger partial charge < -0.3 is 4.42 Å². The maximum absolute atomic E-state index is 10.5. The van der Waals surface area contributed by atoms with Gasteiger partial charge in [0.05, 0.1) is 6.07 Å². The fourth-order valence-corrected chi connectivity index (χ4v) is 0.745. The maximum atomic E-state index is 10.5. The van der Waals surface area contributed by atoms with Crippen molar-refractivity contribution in [2.45, 2.75) is 0 Å². The summed E-state index contributed by atoms with van der Waals surface area (Å²) in [6.07, 6.45) is 0. The zero-order chi connectivity index (χ0) is 8.43. The molecular weight excluding hydrogens is 218 g/mol. The molecule has 0 spiro atoms. The highest BCUT2D eigenvalue weighted by molar-refractivity contribution is 9.18. The summed E-state index contributed by atoms with van der Waals surface area (Å²) in [5.74, 6) is -0.510. The molecule has 0 saturated carbocycles. The van der Waals surface area contributed by atoms with Gasteiger partial charge in [-0.3, -0.25) is 14.9 Å². The fourth-order valence-electron chi connectivity index (χ4n) is 0.531. The third-order valence-electron chi connectivity index (χ3n) is 0.965. The molecule has 58 valence electrons. The molecule has 1 aromatic rings. The van der Waals surface area contributed by atoms with Gasteiger partial charge in [-0.2, -0.15) is 0 Å². The van der Waals surface area contributed by atoms with Crippen LogP contribution in [0.2, 0.25) is 0 Å². The topological polar surface area (TPSA) is 73.3 Å². The summed E-state index contributed by atoms with van der Waals surface area (Å²) in [7, 11) is 0. The van der Waals surface area contributed by atoms with Gasteiger partial charge in [0, 0.05) is 15.9 Å². The molecule has 0 aliphatic rings. The SMILES string of the molecule is O=C(Br)c1ccc([N+](=O)[O-])o1. The lowest BCUT2D eigenvalue weighted by Crippen LogP contribution is -1.84. The van der Waals surface area contributed by atoms with E-state index in [1.165, 1.54) is 6.07 Å². The van der Waals surface area contributed by atoms with Crippen LogP contribution in [0.4, 0.5) is 5.88 Å². The smallest absolute Gasteiger partial charge is 0.397 e. The molecule has 0 aliphatic heterocycles. The number of halogens is 1. The van der Waals surface area contributed by atoms with Crippen LogP contribution in [0.5, 0.6) is 0 Å². The number of furan rings is 1. The molecule has 0 saturated heterocycles. The summed E-state index contributed by atoms with van der Waals surface area (Å²) in [6, 6.07) is 2.35. The number of rotatable bonds is 2. The number of hydrogen-bond donors (Lipinski definition) is 0. The molecule has 0 bridgehead atoms. The molecule has 0 unspecified atom stereocenters. The highest BCUT2D eigenvalue weighted by atomic mass is 79.9. The molecule has 0 fully saturated rings. The number of nitrogens with zero attached hydrogens (tertiary/aromatic N) is 1. The summed E-state index contributed by atoms with van der Waals surface area (Å²) < 4.78 is 4.00. The first-order chi connectivity index (χ1) is 5.11. The molecule has 0 aromatic carbocycles. The standard InChI is InChI=1S/C5H2BrNO4/c6-5(8)3-1-2-4(11-3)7(9)10/h1-2H. The van der Waals surface area contributed by atoms with Gasteiger partial charge in [-0.1, -0.05) is 0 Å². The molecule has 0 atom stereocenters. The van der Waals surface area contributed by atoms with E-state index in [1.807, 2.05) is 0 Å². The van der Waals surface area contributed by atoms with Crippen molar-refractivity contribution in [2.24, 2.45) is 0 Å². The Labute approximate surface area is 69.3 Å². The van der Waals surface area contributed by atoms with Crippen molar-refractivity contribution in [3.05, 3.63) is 28.0 Å². The molecule has 0 aliphatic carbocycles. The monoisotopic (exact) mass is 219 g/mol. The molecule has 0 N–H and O–H groups in total. The summed E-state index contributed by atoms with van der Waals surface area (Å²) in [5.41, 5.74) is 0. The number of carbonyl (C=O) groups is 1. The van der Waals surface area contributed by atoms with Gasteiger partial charge in [0.2, 0.25) is 0 Å². The predicted molar refractivity (Wildman–Crippen MR) is 38.6 cm³/mol. The third kappa shape index (κ3) is 1.64. The van der Waals surface area contributed by atoms with Gasteiger partial charge in [0.1, 0.15) is 4.92 Å². The van der Waals surface area contributed by atoms with Gasteiger partial charge >= 0.3 is 5.88 Å². The van der Waals surface area contributed by atoms with E-state index in [0.717, 1.165) is 6.07 Å². The van der Waals surface area contributed by atoms with E-state index < -0.39 is 15.5 Å². The van der Waals surface area contributed by atoms with Crippen LogP contribution in [0.3, 0.4) is 0 Å². The Morgan fingerprint density at radius 2 is 2.27 bits per heavy atom. The van der Waals surface area contributed by atoms with Crippen molar-refractivity contribution >= 4 is 26.5 Å². The first-order valence-electron chi connectivity index (χ1n) is 2.55. The van der Waals surface area contributed by atoms with E-state index in [1.54, 1.807) is 0 Å². The average molecular weight is 220 g/mol. The lowest BCUT2D eigenvalue weighted by Gasteiger charge is -1.82. The van der Waals surface area contributed by atoms with Crippen molar-refractivity contribution in [1.29, 1.82) is 0 Å². The summed E-state index contributed by atoms with van der Waals surface area (Å²) in [4.78, 5) is 19.8. The second-order valence-electron chi connectivity index (χ2n) is 1.67. The Morgan fingerprint density at radius 3 is 2.55 bits per heavy atom. The van der Waals surface area contributed by atoms with Crippen molar-refractivity contribution in [1.82, 2.24) is 0 Å². The Bertz CT molecular complexity index is 277. The number of hydrogen-bond acceptors (Lipinski definition) is 4. The largest absolute Gasteiger partial charge is 0.433 e. The Kier molecular flexibility index (Phi) is 2.04. The van der Waals surface area contributed by atoms with Crippen LogP contribution in [0, 0.1) is 10.1 Å². The lowest BCUT2D eigenvalue weighted by molar-refractivity contribution is -0.402. The Balaban J connectivity index is 2.99. The number of nitro groups is 1. The first kappa shape index (κ1) is 7.93. The second kappa shape index (κ2) is 2.83. The van der Waals surface area contributed by atoms with Crippen LogP contribution < -0.4 is 0 Å². The predicted octanol–water partition coefficient (Wildman–Crippen LogP) is 1.72. The van der Waals surface area contributed by atoms with Crippen molar-refractivity contribution in [2.75, 3.05) is 0 Å². The fraction of sp³-hybridized carbons (Fsp3) is 0. The molecule has 5 nitrogen and oxygen atoms in total. The van der Waals surface area contributed by atoms with E-state index in [4.69, 9.17) is 0 Å². The third-order valence-corrected chi connectivity index (χ3v) is 1.36. The summed E-state index contributed by atoms with van der Waals surface area (Å²) >= 11 is 2.59. The molecular formula is C5H2BrNO4. The van der Waals surface area contributed by atoms with Crippen LogP contribution in [-0.2, 0) is 0 Å². The molecule has 0 radical (unpaired) electrons.